The van der Waals surface area contributed by atoms with Crippen LogP contribution in [0.1, 0.15) is 18.9 Å². The maximum Gasteiger partial charge on any atom is 0.128 e. The van der Waals surface area contributed by atoms with Crippen LogP contribution in [0.2, 0.25) is 0 Å². The molecule has 0 saturated carbocycles. The lowest BCUT2D eigenvalue weighted by molar-refractivity contribution is 0.444. The molecular weight excluding hydrogens is 288 g/mol. The number of rotatable bonds is 1. The Bertz CT molecular complexity index is 383. The van der Waals surface area contributed by atoms with E-state index in [1.54, 1.807) is 0 Å². The summed E-state index contributed by atoms with van der Waals surface area (Å²) in [6.07, 6.45) is 3.01. The largest absolute Gasteiger partial charge is 0.355 e. The molecule has 1 fully saturated rings. The van der Waals surface area contributed by atoms with Crippen molar-refractivity contribution in [2.75, 3.05) is 18.0 Å². The first-order valence-electron chi connectivity index (χ1n) is 5.59. The van der Waals surface area contributed by atoms with Gasteiger partial charge in [-0.1, -0.05) is 6.92 Å². The molecule has 1 saturated heterocycles. The van der Waals surface area contributed by atoms with Crippen molar-refractivity contribution in [2.24, 2.45) is 5.92 Å². The zero-order chi connectivity index (χ0) is 11.7. The second kappa shape index (κ2) is 4.92. The summed E-state index contributed by atoms with van der Waals surface area (Å²) in [5, 5.41) is 0.236. The minimum absolute atomic E-state index is 0.236. The van der Waals surface area contributed by atoms with Crippen LogP contribution in [0, 0.1) is 12.8 Å². The lowest BCUT2D eigenvalue weighted by atomic mass is 9.98. The van der Waals surface area contributed by atoms with Gasteiger partial charge in [0.1, 0.15) is 5.82 Å². The summed E-state index contributed by atoms with van der Waals surface area (Å²) in [7, 11) is 0. The fraction of sp³-hybridized carbons (Fsp3) is 0.583. The van der Waals surface area contributed by atoms with Crippen molar-refractivity contribution in [3.8, 4) is 0 Å². The Morgan fingerprint density at radius 1 is 1.56 bits per heavy atom. The maximum atomic E-state index is 6.30. The van der Waals surface area contributed by atoms with Crippen LogP contribution in [0.15, 0.2) is 16.7 Å². The molecule has 1 aliphatic heterocycles. The molecule has 2 nitrogen and oxygen atoms in total. The van der Waals surface area contributed by atoms with Crippen LogP contribution in [0.4, 0.5) is 5.82 Å². The van der Waals surface area contributed by atoms with Gasteiger partial charge in [-0.25, -0.2) is 4.98 Å². The van der Waals surface area contributed by atoms with E-state index in [-0.39, 0.29) is 5.38 Å². The molecule has 0 amide bonds. The number of aromatic nitrogens is 1. The summed E-state index contributed by atoms with van der Waals surface area (Å²) in [4.78, 5) is 6.72. The molecule has 0 N–H and O–H groups in total. The van der Waals surface area contributed by atoms with Crippen molar-refractivity contribution in [1.82, 2.24) is 4.98 Å². The molecule has 0 aromatic carbocycles. The second-order valence-corrected chi connectivity index (χ2v) is 5.93. The monoisotopic (exact) mass is 302 g/mol. The summed E-state index contributed by atoms with van der Waals surface area (Å²) in [6.45, 7) is 6.25. The van der Waals surface area contributed by atoms with E-state index in [9.17, 15) is 0 Å². The molecule has 0 aliphatic carbocycles. The first-order valence-corrected chi connectivity index (χ1v) is 6.82. The highest BCUT2D eigenvalue weighted by atomic mass is 79.9. The van der Waals surface area contributed by atoms with E-state index < -0.39 is 0 Å². The van der Waals surface area contributed by atoms with Gasteiger partial charge < -0.3 is 4.90 Å². The third kappa shape index (κ3) is 2.51. The molecule has 2 unspecified atom stereocenters. The highest BCUT2D eigenvalue weighted by Gasteiger charge is 2.25. The van der Waals surface area contributed by atoms with E-state index in [1.165, 1.54) is 5.56 Å². The van der Waals surface area contributed by atoms with E-state index in [1.807, 2.05) is 6.20 Å². The number of hydrogen-bond donors (Lipinski definition) is 0. The zero-order valence-corrected chi connectivity index (χ0v) is 11.9. The van der Waals surface area contributed by atoms with E-state index in [2.05, 4.69) is 45.7 Å². The number of aryl methyl sites for hydroxylation is 1. The minimum Gasteiger partial charge on any atom is -0.355 e. The molecule has 2 atom stereocenters. The quantitative estimate of drug-likeness (QED) is 0.737. The van der Waals surface area contributed by atoms with Crippen molar-refractivity contribution >= 4 is 33.3 Å². The van der Waals surface area contributed by atoms with Gasteiger partial charge in [0.25, 0.3) is 0 Å². The van der Waals surface area contributed by atoms with Crippen LogP contribution in [0.25, 0.3) is 0 Å². The smallest absolute Gasteiger partial charge is 0.128 e. The predicted octanol–water partition coefficient (Wildman–Crippen LogP) is 3.61. The number of anilines is 1. The molecule has 0 radical (unpaired) electrons. The second-order valence-electron chi connectivity index (χ2n) is 4.52. The Hall–Kier alpha value is -0.280. The minimum atomic E-state index is 0.236. The van der Waals surface area contributed by atoms with Gasteiger partial charge in [0, 0.05) is 23.8 Å². The van der Waals surface area contributed by atoms with Crippen LogP contribution in [0.3, 0.4) is 0 Å². The summed E-state index contributed by atoms with van der Waals surface area (Å²) in [5.74, 6) is 1.65. The van der Waals surface area contributed by atoms with Gasteiger partial charge in [-0.2, -0.15) is 0 Å². The van der Waals surface area contributed by atoms with Crippen molar-refractivity contribution in [1.29, 1.82) is 0 Å². The maximum absolute atomic E-state index is 6.30. The number of pyridine rings is 1. The number of halogens is 2. The van der Waals surface area contributed by atoms with Crippen LogP contribution in [0.5, 0.6) is 0 Å². The lowest BCUT2D eigenvalue weighted by Crippen LogP contribution is -2.40. The lowest BCUT2D eigenvalue weighted by Gasteiger charge is -2.34. The molecule has 4 heteroatoms. The summed E-state index contributed by atoms with van der Waals surface area (Å²) < 4.78 is 1.06. The van der Waals surface area contributed by atoms with Gasteiger partial charge in [0.05, 0.1) is 5.38 Å². The highest BCUT2D eigenvalue weighted by molar-refractivity contribution is 9.10. The van der Waals surface area contributed by atoms with Crippen molar-refractivity contribution in [3.05, 3.63) is 22.3 Å². The van der Waals surface area contributed by atoms with E-state index in [4.69, 9.17) is 11.6 Å². The molecule has 2 heterocycles. The molecule has 0 spiro atoms. The fourth-order valence-corrected chi connectivity index (χ4v) is 2.44. The first-order chi connectivity index (χ1) is 7.58. The molecule has 88 valence electrons. The van der Waals surface area contributed by atoms with Gasteiger partial charge in [0.2, 0.25) is 0 Å². The van der Waals surface area contributed by atoms with Crippen molar-refractivity contribution < 1.29 is 0 Å². The first kappa shape index (κ1) is 12.2. The number of alkyl halides is 1. The van der Waals surface area contributed by atoms with Crippen LogP contribution < -0.4 is 4.90 Å². The van der Waals surface area contributed by atoms with Gasteiger partial charge >= 0.3 is 0 Å². The van der Waals surface area contributed by atoms with Gasteiger partial charge in [0.15, 0.2) is 0 Å². The third-order valence-electron chi connectivity index (χ3n) is 3.22. The fourth-order valence-electron chi connectivity index (χ4n) is 1.93. The van der Waals surface area contributed by atoms with E-state index in [0.717, 1.165) is 29.8 Å². The van der Waals surface area contributed by atoms with E-state index >= 15 is 0 Å². The normalized spacial score (nSPS) is 25.9. The van der Waals surface area contributed by atoms with Gasteiger partial charge in [-0.3, -0.25) is 0 Å². The molecule has 1 aromatic heterocycles. The topological polar surface area (TPSA) is 16.1 Å². The zero-order valence-electron chi connectivity index (χ0n) is 9.58. The third-order valence-corrected chi connectivity index (χ3v) is 4.62. The average molecular weight is 304 g/mol. The Balaban J connectivity index is 2.15. The van der Waals surface area contributed by atoms with Gasteiger partial charge in [-0.15, -0.1) is 11.6 Å². The van der Waals surface area contributed by atoms with Crippen molar-refractivity contribution in [3.63, 3.8) is 0 Å². The molecule has 1 aliphatic rings. The highest BCUT2D eigenvalue weighted by Crippen LogP contribution is 2.27. The van der Waals surface area contributed by atoms with Crippen LogP contribution >= 0.6 is 27.5 Å². The number of nitrogens with zero attached hydrogens (tertiary/aromatic N) is 2. The molecule has 2 rings (SSSR count). The molecule has 0 bridgehead atoms. The SMILES string of the molecule is Cc1cc(N2CCC(C)C(Cl)C2)ncc1Br. The van der Waals surface area contributed by atoms with Crippen LogP contribution in [-0.2, 0) is 0 Å². The number of piperidine rings is 1. The van der Waals surface area contributed by atoms with Crippen LogP contribution in [-0.4, -0.2) is 23.5 Å². The van der Waals surface area contributed by atoms with Crippen molar-refractivity contribution in [2.45, 2.75) is 25.6 Å². The summed E-state index contributed by atoms with van der Waals surface area (Å²) >= 11 is 9.77. The Labute approximate surface area is 110 Å². The molecule has 16 heavy (non-hydrogen) atoms. The molecule has 1 aromatic rings. The average Bonchev–Trinajstić information content (AvgIpc) is 2.26. The summed E-state index contributed by atoms with van der Waals surface area (Å²) in [5.41, 5.74) is 1.22. The Morgan fingerprint density at radius 3 is 2.94 bits per heavy atom. The predicted molar refractivity (Wildman–Crippen MR) is 72.3 cm³/mol. The van der Waals surface area contributed by atoms with E-state index in [0.29, 0.717) is 5.92 Å². The Morgan fingerprint density at radius 2 is 2.31 bits per heavy atom. The Kier molecular flexibility index (Phi) is 3.75. The summed E-state index contributed by atoms with van der Waals surface area (Å²) in [6, 6.07) is 2.11. The van der Waals surface area contributed by atoms with Gasteiger partial charge in [-0.05, 0) is 46.8 Å². The number of hydrogen-bond acceptors (Lipinski definition) is 2. The molecular formula is C12H16BrClN2. The standard InChI is InChI=1S/C12H16BrClN2/c1-8-3-4-16(7-11(8)14)12-5-9(2)10(13)6-15-12/h5-6,8,11H,3-4,7H2,1-2H3.